The Labute approximate surface area is 202 Å². The third-order valence-electron chi connectivity index (χ3n) is 5.69. The average molecular weight is 462 g/mol. The monoisotopic (exact) mass is 461 g/mol. The number of nitrogens with zero attached hydrogens (tertiary/aromatic N) is 2. The molecular weight excluding hydrogens is 438 g/mol. The van der Waals surface area contributed by atoms with Gasteiger partial charge in [-0.2, -0.15) is 5.10 Å². The smallest absolute Gasteiger partial charge is 0.255 e. The number of amides is 2. The van der Waals surface area contributed by atoms with Crippen molar-refractivity contribution in [2.45, 2.75) is 6.54 Å². The van der Waals surface area contributed by atoms with Gasteiger partial charge in [-0.25, -0.2) is 0 Å². The minimum absolute atomic E-state index is 0.156. The van der Waals surface area contributed by atoms with Crippen molar-refractivity contribution < 1.29 is 9.59 Å². The number of anilines is 3. The molecule has 1 aromatic heterocycles. The van der Waals surface area contributed by atoms with Crippen LogP contribution < -0.4 is 16.4 Å². The van der Waals surface area contributed by atoms with E-state index in [2.05, 4.69) is 15.7 Å². The zero-order valence-electron chi connectivity index (χ0n) is 18.8. The molecule has 7 nitrogen and oxygen atoms in total. The van der Waals surface area contributed by atoms with E-state index < -0.39 is 0 Å². The van der Waals surface area contributed by atoms with Gasteiger partial charge in [0.1, 0.15) is 0 Å². The Bertz CT molecular complexity index is 1510. The summed E-state index contributed by atoms with van der Waals surface area (Å²) >= 11 is 0. The van der Waals surface area contributed by atoms with Crippen LogP contribution in [-0.2, 0) is 6.54 Å². The Hall–Kier alpha value is -4.91. The van der Waals surface area contributed by atoms with Crippen molar-refractivity contribution in [2.24, 2.45) is 0 Å². The molecule has 172 valence electrons. The lowest BCUT2D eigenvalue weighted by atomic mass is 10.1. The standard InChI is InChI=1S/C28H23N5O2/c29-24-8-4-5-9-25(24)32-28(35)21-12-10-19(11-13-21)18-33-26-15-14-23(16-22(26)17-30-33)31-27(34)20-6-2-1-3-7-20/h1-17H,18,29H2,(H,31,34)(H,32,35). The summed E-state index contributed by atoms with van der Waals surface area (Å²) in [5.41, 5.74) is 10.8. The summed E-state index contributed by atoms with van der Waals surface area (Å²) in [6, 6.07) is 29.3. The molecule has 0 aliphatic carbocycles. The number of rotatable bonds is 6. The van der Waals surface area contributed by atoms with Crippen LogP contribution in [-0.4, -0.2) is 21.6 Å². The third kappa shape index (κ3) is 4.89. The molecule has 1 heterocycles. The lowest BCUT2D eigenvalue weighted by molar-refractivity contribution is 0.101. The van der Waals surface area contributed by atoms with Gasteiger partial charge in [0.25, 0.3) is 11.8 Å². The van der Waals surface area contributed by atoms with E-state index in [0.717, 1.165) is 16.5 Å². The van der Waals surface area contributed by atoms with E-state index >= 15 is 0 Å². The predicted molar refractivity (Wildman–Crippen MR) is 138 cm³/mol. The SMILES string of the molecule is Nc1ccccc1NC(=O)c1ccc(Cn2ncc3cc(NC(=O)c4ccccc4)ccc32)cc1. The molecule has 0 spiro atoms. The molecule has 0 aliphatic heterocycles. The molecule has 0 aliphatic rings. The van der Waals surface area contributed by atoms with Crippen LogP contribution in [0.3, 0.4) is 0 Å². The molecule has 0 fully saturated rings. The highest BCUT2D eigenvalue weighted by molar-refractivity contribution is 6.06. The van der Waals surface area contributed by atoms with Crippen molar-refractivity contribution in [3.63, 3.8) is 0 Å². The lowest BCUT2D eigenvalue weighted by Gasteiger charge is -2.09. The number of nitrogens with one attached hydrogen (secondary N) is 2. The van der Waals surface area contributed by atoms with E-state index in [1.54, 1.807) is 42.6 Å². The van der Waals surface area contributed by atoms with Crippen molar-refractivity contribution in [3.8, 4) is 0 Å². The van der Waals surface area contributed by atoms with Crippen LogP contribution in [0.1, 0.15) is 26.3 Å². The molecule has 0 saturated carbocycles. The Morgan fingerprint density at radius 2 is 1.46 bits per heavy atom. The van der Waals surface area contributed by atoms with E-state index in [4.69, 9.17) is 5.73 Å². The van der Waals surface area contributed by atoms with Crippen LogP contribution in [0.5, 0.6) is 0 Å². The molecule has 0 bridgehead atoms. The first kappa shape index (κ1) is 21.9. The Morgan fingerprint density at radius 3 is 2.23 bits per heavy atom. The highest BCUT2D eigenvalue weighted by Crippen LogP contribution is 2.21. The second-order valence-corrected chi connectivity index (χ2v) is 8.13. The van der Waals surface area contributed by atoms with Gasteiger partial charge in [0.15, 0.2) is 0 Å². The van der Waals surface area contributed by atoms with Gasteiger partial charge in [0.2, 0.25) is 0 Å². The van der Waals surface area contributed by atoms with E-state index in [0.29, 0.717) is 34.7 Å². The molecule has 4 aromatic carbocycles. The van der Waals surface area contributed by atoms with Crippen molar-refractivity contribution in [2.75, 3.05) is 16.4 Å². The van der Waals surface area contributed by atoms with Gasteiger partial charge in [-0.1, -0.05) is 42.5 Å². The molecule has 0 radical (unpaired) electrons. The summed E-state index contributed by atoms with van der Waals surface area (Å²) in [6.07, 6.45) is 1.78. The van der Waals surface area contributed by atoms with Gasteiger partial charge in [0, 0.05) is 22.2 Å². The number of para-hydroxylation sites is 2. The largest absolute Gasteiger partial charge is 0.397 e. The number of nitrogens with two attached hydrogens (primary N) is 1. The molecule has 7 heteroatoms. The van der Waals surface area contributed by atoms with Gasteiger partial charge in [0.05, 0.1) is 29.6 Å². The minimum Gasteiger partial charge on any atom is -0.397 e. The highest BCUT2D eigenvalue weighted by atomic mass is 16.2. The van der Waals surface area contributed by atoms with Crippen LogP contribution in [0.2, 0.25) is 0 Å². The summed E-state index contributed by atoms with van der Waals surface area (Å²) in [7, 11) is 0. The van der Waals surface area contributed by atoms with Crippen LogP contribution in [0.4, 0.5) is 17.1 Å². The number of aromatic nitrogens is 2. The van der Waals surface area contributed by atoms with Crippen LogP contribution in [0, 0.1) is 0 Å². The summed E-state index contributed by atoms with van der Waals surface area (Å²) in [6.45, 7) is 0.548. The second kappa shape index (κ2) is 9.52. The Morgan fingerprint density at radius 1 is 0.771 bits per heavy atom. The summed E-state index contributed by atoms with van der Waals surface area (Å²) in [5, 5.41) is 11.2. The maximum atomic E-state index is 12.6. The molecule has 4 N–H and O–H groups in total. The topological polar surface area (TPSA) is 102 Å². The molecule has 35 heavy (non-hydrogen) atoms. The van der Waals surface area contributed by atoms with Gasteiger partial charge in [-0.05, 0) is 60.2 Å². The van der Waals surface area contributed by atoms with Crippen molar-refractivity contribution in [3.05, 3.63) is 120 Å². The number of fused-ring (bicyclic) bond motifs is 1. The zero-order chi connectivity index (χ0) is 24.2. The second-order valence-electron chi connectivity index (χ2n) is 8.13. The third-order valence-corrected chi connectivity index (χ3v) is 5.69. The molecule has 0 unspecified atom stereocenters. The summed E-state index contributed by atoms with van der Waals surface area (Å²) in [5.74, 6) is -0.375. The van der Waals surface area contributed by atoms with Crippen molar-refractivity contribution in [1.82, 2.24) is 9.78 Å². The molecule has 0 saturated heterocycles. The number of carbonyl (C=O) groups is 2. The normalized spacial score (nSPS) is 10.7. The first-order chi connectivity index (χ1) is 17.1. The van der Waals surface area contributed by atoms with E-state index in [1.165, 1.54) is 0 Å². The zero-order valence-corrected chi connectivity index (χ0v) is 18.8. The number of benzene rings is 4. The minimum atomic E-state index is -0.218. The Balaban J connectivity index is 1.27. The van der Waals surface area contributed by atoms with Crippen LogP contribution in [0.25, 0.3) is 10.9 Å². The first-order valence-corrected chi connectivity index (χ1v) is 11.1. The fraction of sp³-hybridized carbons (Fsp3) is 0.0357. The lowest BCUT2D eigenvalue weighted by Crippen LogP contribution is -2.13. The molecule has 5 rings (SSSR count). The molecule has 5 aromatic rings. The number of nitrogen functional groups attached to an aromatic ring is 1. The van der Waals surface area contributed by atoms with E-state index in [1.807, 2.05) is 65.3 Å². The number of hydrogen-bond acceptors (Lipinski definition) is 4. The molecule has 0 atom stereocenters. The van der Waals surface area contributed by atoms with Crippen molar-refractivity contribution >= 4 is 39.8 Å². The number of carbonyl (C=O) groups excluding carboxylic acids is 2. The predicted octanol–water partition coefficient (Wildman–Crippen LogP) is 5.17. The first-order valence-electron chi connectivity index (χ1n) is 11.1. The maximum Gasteiger partial charge on any atom is 0.255 e. The van der Waals surface area contributed by atoms with E-state index in [9.17, 15) is 9.59 Å². The van der Waals surface area contributed by atoms with E-state index in [-0.39, 0.29) is 11.8 Å². The molecular formula is C28H23N5O2. The van der Waals surface area contributed by atoms with Gasteiger partial charge in [-0.15, -0.1) is 0 Å². The van der Waals surface area contributed by atoms with Crippen LogP contribution in [0.15, 0.2) is 103 Å². The average Bonchev–Trinajstić information content (AvgIpc) is 3.28. The van der Waals surface area contributed by atoms with Gasteiger partial charge in [-0.3, -0.25) is 14.3 Å². The fourth-order valence-electron chi connectivity index (χ4n) is 3.82. The Kier molecular flexibility index (Phi) is 5.96. The fourth-order valence-corrected chi connectivity index (χ4v) is 3.82. The van der Waals surface area contributed by atoms with Crippen molar-refractivity contribution in [1.29, 1.82) is 0 Å². The molecule has 2 amide bonds. The van der Waals surface area contributed by atoms with Crippen LogP contribution >= 0.6 is 0 Å². The maximum absolute atomic E-state index is 12.6. The highest BCUT2D eigenvalue weighted by Gasteiger charge is 2.10. The van der Waals surface area contributed by atoms with Gasteiger partial charge >= 0.3 is 0 Å². The summed E-state index contributed by atoms with van der Waals surface area (Å²) in [4.78, 5) is 25.0. The summed E-state index contributed by atoms with van der Waals surface area (Å²) < 4.78 is 1.89. The van der Waals surface area contributed by atoms with Gasteiger partial charge < -0.3 is 16.4 Å². The number of hydrogen-bond donors (Lipinski definition) is 3. The quantitative estimate of drug-likeness (QED) is 0.304.